The Hall–Kier alpha value is -2.41. The van der Waals surface area contributed by atoms with Crippen LogP contribution in [-0.2, 0) is 29.2 Å². The molecule has 0 bridgehead atoms. The van der Waals surface area contributed by atoms with Crippen LogP contribution in [0.15, 0.2) is 59.6 Å². The van der Waals surface area contributed by atoms with Crippen molar-refractivity contribution in [3.63, 3.8) is 0 Å². The molecule has 1 unspecified atom stereocenters. The van der Waals surface area contributed by atoms with Crippen molar-refractivity contribution in [3.8, 4) is 0 Å². The molecule has 2 aromatic carbocycles. The van der Waals surface area contributed by atoms with Crippen molar-refractivity contribution >= 4 is 5.96 Å². The summed E-state index contributed by atoms with van der Waals surface area (Å²) in [6.45, 7) is 11.0. The van der Waals surface area contributed by atoms with E-state index in [9.17, 15) is 0 Å². The Morgan fingerprint density at radius 2 is 1.66 bits per heavy atom. The van der Waals surface area contributed by atoms with E-state index in [1.54, 1.807) is 0 Å². The Labute approximate surface area is 193 Å². The van der Waals surface area contributed by atoms with Gasteiger partial charge < -0.3 is 20.1 Å². The van der Waals surface area contributed by atoms with Gasteiger partial charge in [-0.15, -0.1) is 0 Å². The average Bonchev–Trinajstić information content (AvgIpc) is 2.83. The summed E-state index contributed by atoms with van der Waals surface area (Å²) in [4.78, 5) is 6.95. The Morgan fingerprint density at radius 3 is 2.34 bits per heavy atom. The summed E-state index contributed by atoms with van der Waals surface area (Å²) < 4.78 is 11.5. The molecule has 0 amide bonds. The van der Waals surface area contributed by atoms with Crippen LogP contribution >= 0.6 is 0 Å². The van der Waals surface area contributed by atoms with Crippen LogP contribution in [0.3, 0.4) is 0 Å². The van der Waals surface area contributed by atoms with E-state index in [0.717, 1.165) is 38.8 Å². The molecule has 1 heterocycles. The van der Waals surface area contributed by atoms with E-state index >= 15 is 0 Å². The maximum absolute atomic E-state index is 5.96. The van der Waals surface area contributed by atoms with Crippen LogP contribution in [0.5, 0.6) is 0 Å². The van der Waals surface area contributed by atoms with E-state index in [2.05, 4.69) is 70.8 Å². The molecule has 1 atom stereocenters. The fraction of sp³-hybridized carbons (Fsp3) is 0.500. The van der Waals surface area contributed by atoms with Crippen LogP contribution in [0.2, 0.25) is 0 Å². The number of hydrogen-bond acceptors (Lipinski definition) is 4. The minimum Gasteiger partial charge on any atom is -0.379 e. The van der Waals surface area contributed by atoms with E-state index in [4.69, 9.17) is 9.47 Å². The number of rotatable bonds is 10. The van der Waals surface area contributed by atoms with E-state index < -0.39 is 0 Å². The number of guanidine groups is 1. The summed E-state index contributed by atoms with van der Waals surface area (Å²) in [7, 11) is 1.82. The van der Waals surface area contributed by atoms with Gasteiger partial charge in [-0.05, 0) is 22.6 Å². The number of benzene rings is 2. The normalized spacial score (nSPS) is 16.2. The third kappa shape index (κ3) is 7.62. The van der Waals surface area contributed by atoms with Gasteiger partial charge in [0.25, 0.3) is 0 Å². The predicted octanol–water partition coefficient (Wildman–Crippen LogP) is 3.43. The molecular weight excluding hydrogens is 400 g/mol. The number of ether oxygens (including phenoxy) is 2. The van der Waals surface area contributed by atoms with Crippen LogP contribution < -0.4 is 10.6 Å². The standard InChI is InChI=1S/C26H38N4O2/c1-21(2)25(30-13-15-31-16-14-30)18-29-26(27-3)28-17-23-11-7-8-12-24(23)20-32-19-22-9-5-4-6-10-22/h4-12,21,25H,13-20H2,1-3H3,(H2,27,28,29). The molecule has 1 aliphatic heterocycles. The molecule has 1 fully saturated rings. The van der Waals surface area contributed by atoms with Crippen molar-refractivity contribution in [2.75, 3.05) is 39.9 Å². The summed E-state index contributed by atoms with van der Waals surface area (Å²) in [6, 6.07) is 19.1. The largest absolute Gasteiger partial charge is 0.379 e. The maximum Gasteiger partial charge on any atom is 0.191 e. The highest BCUT2D eigenvalue weighted by Gasteiger charge is 2.23. The molecule has 0 aromatic heterocycles. The van der Waals surface area contributed by atoms with Crippen LogP contribution in [0.25, 0.3) is 0 Å². The molecule has 6 heteroatoms. The van der Waals surface area contributed by atoms with Gasteiger partial charge in [-0.1, -0.05) is 68.4 Å². The zero-order chi connectivity index (χ0) is 22.6. The van der Waals surface area contributed by atoms with Crippen molar-refractivity contribution in [1.82, 2.24) is 15.5 Å². The summed E-state index contributed by atoms with van der Waals surface area (Å²) >= 11 is 0. The van der Waals surface area contributed by atoms with E-state index in [0.29, 0.717) is 31.7 Å². The third-order valence-corrected chi connectivity index (χ3v) is 5.92. The Kier molecular flexibility index (Phi) is 10.0. The first-order valence-electron chi connectivity index (χ1n) is 11.6. The van der Waals surface area contributed by atoms with Crippen LogP contribution in [0.4, 0.5) is 0 Å². The number of nitrogens with zero attached hydrogens (tertiary/aromatic N) is 2. The summed E-state index contributed by atoms with van der Waals surface area (Å²) in [5, 5.41) is 7.00. The summed E-state index contributed by atoms with van der Waals surface area (Å²) in [5.74, 6) is 1.38. The molecule has 0 spiro atoms. The Morgan fingerprint density at radius 1 is 0.969 bits per heavy atom. The second-order valence-electron chi connectivity index (χ2n) is 8.51. The fourth-order valence-corrected chi connectivity index (χ4v) is 4.02. The molecule has 2 aromatic rings. The molecule has 0 radical (unpaired) electrons. The first-order valence-corrected chi connectivity index (χ1v) is 11.6. The molecule has 1 aliphatic rings. The lowest BCUT2D eigenvalue weighted by Gasteiger charge is -2.37. The number of morpholine rings is 1. The Bertz CT molecular complexity index is 820. The monoisotopic (exact) mass is 438 g/mol. The lowest BCUT2D eigenvalue weighted by atomic mass is 10.0. The van der Waals surface area contributed by atoms with Gasteiger partial charge in [0.15, 0.2) is 5.96 Å². The molecule has 32 heavy (non-hydrogen) atoms. The van der Waals surface area contributed by atoms with Gasteiger partial charge in [0, 0.05) is 39.3 Å². The van der Waals surface area contributed by atoms with E-state index in [1.807, 2.05) is 25.2 Å². The van der Waals surface area contributed by atoms with Crippen molar-refractivity contribution in [3.05, 3.63) is 71.3 Å². The van der Waals surface area contributed by atoms with E-state index in [-0.39, 0.29) is 0 Å². The molecule has 0 saturated carbocycles. The molecule has 3 rings (SSSR count). The quantitative estimate of drug-likeness (QED) is 0.440. The van der Waals surface area contributed by atoms with Crippen molar-refractivity contribution in [1.29, 1.82) is 0 Å². The summed E-state index contributed by atoms with van der Waals surface area (Å²) in [6.07, 6.45) is 0. The van der Waals surface area contributed by atoms with Crippen LogP contribution in [0.1, 0.15) is 30.5 Å². The fourth-order valence-electron chi connectivity index (χ4n) is 4.02. The molecular formula is C26H38N4O2. The third-order valence-electron chi connectivity index (χ3n) is 5.92. The van der Waals surface area contributed by atoms with Crippen molar-refractivity contribution in [2.45, 2.75) is 39.6 Å². The van der Waals surface area contributed by atoms with Crippen LogP contribution in [-0.4, -0.2) is 56.8 Å². The van der Waals surface area contributed by atoms with Gasteiger partial charge >= 0.3 is 0 Å². The smallest absolute Gasteiger partial charge is 0.191 e. The van der Waals surface area contributed by atoms with Gasteiger partial charge in [-0.3, -0.25) is 9.89 Å². The highest BCUT2D eigenvalue weighted by atomic mass is 16.5. The average molecular weight is 439 g/mol. The first kappa shape index (κ1) is 24.2. The SMILES string of the molecule is CN=C(NCc1ccccc1COCc1ccccc1)NCC(C(C)C)N1CCOCC1. The maximum atomic E-state index is 5.96. The lowest BCUT2D eigenvalue weighted by molar-refractivity contribution is 0.00752. The second kappa shape index (κ2) is 13.2. The summed E-state index contributed by atoms with van der Waals surface area (Å²) in [5.41, 5.74) is 3.60. The minimum absolute atomic E-state index is 0.455. The second-order valence-corrected chi connectivity index (χ2v) is 8.51. The number of nitrogens with one attached hydrogen (secondary N) is 2. The molecule has 174 valence electrons. The van der Waals surface area contributed by atoms with Gasteiger partial charge in [-0.25, -0.2) is 0 Å². The van der Waals surface area contributed by atoms with Gasteiger partial charge in [0.1, 0.15) is 0 Å². The number of hydrogen-bond donors (Lipinski definition) is 2. The van der Waals surface area contributed by atoms with Gasteiger partial charge in [0.2, 0.25) is 0 Å². The topological polar surface area (TPSA) is 58.1 Å². The predicted molar refractivity (Wildman–Crippen MR) is 131 cm³/mol. The highest BCUT2D eigenvalue weighted by molar-refractivity contribution is 5.79. The van der Waals surface area contributed by atoms with Gasteiger partial charge in [0.05, 0.1) is 26.4 Å². The first-order chi connectivity index (χ1) is 15.7. The van der Waals surface area contributed by atoms with Crippen molar-refractivity contribution in [2.24, 2.45) is 10.9 Å². The Balaban J connectivity index is 1.49. The van der Waals surface area contributed by atoms with E-state index in [1.165, 1.54) is 16.7 Å². The molecule has 2 N–H and O–H groups in total. The lowest BCUT2D eigenvalue weighted by Crippen LogP contribution is -2.52. The highest BCUT2D eigenvalue weighted by Crippen LogP contribution is 2.13. The zero-order valence-corrected chi connectivity index (χ0v) is 19.7. The molecule has 1 saturated heterocycles. The number of aliphatic imine (C=N–C) groups is 1. The van der Waals surface area contributed by atoms with Crippen LogP contribution in [0, 0.1) is 5.92 Å². The molecule has 0 aliphatic carbocycles. The molecule has 6 nitrogen and oxygen atoms in total. The zero-order valence-electron chi connectivity index (χ0n) is 19.7. The minimum atomic E-state index is 0.455. The van der Waals surface area contributed by atoms with Gasteiger partial charge in [-0.2, -0.15) is 0 Å². The van der Waals surface area contributed by atoms with Crippen molar-refractivity contribution < 1.29 is 9.47 Å².